The van der Waals surface area contributed by atoms with Crippen molar-refractivity contribution in [2.24, 2.45) is 0 Å². The van der Waals surface area contributed by atoms with Gasteiger partial charge in [-0.15, -0.1) is 0 Å². The first-order chi connectivity index (χ1) is 13.1. The molecule has 0 unspecified atom stereocenters. The van der Waals surface area contributed by atoms with E-state index in [0.717, 1.165) is 0 Å². The van der Waals surface area contributed by atoms with E-state index in [1.165, 1.54) is 17.3 Å². The van der Waals surface area contributed by atoms with E-state index in [1.54, 1.807) is 30.7 Å². The summed E-state index contributed by atoms with van der Waals surface area (Å²) in [6, 6.07) is 4.72. The Morgan fingerprint density at radius 3 is 2.57 bits per heavy atom. The number of aromatic nitrogens is 2. The van der Waals surface area contributed by atoms with Crippen LogP contribution < -0.4 is 0 Å². The minimum Gasteiger partial charge on any atom is -0.461 e. The highest BCUT2D eigenvalue weighted by Gasteiger charge is 2.30. The lowest BCUT2D eigenvalue weighted by atomic mass is 10.1. The molecule has 1 aliphatic rings. The number of amides is 1. The molecule has 28 heavy (non-hydrogen) atoms. The quantitative estimate of drug-likeness (QED) is 0.334. The first-order valence-electron chi connectivity index (χ1n) is 7.92. The topological polar surface area (TPSA) is 92.6 Å². The van der Waals surface area contributed by atoms with Gasteiger partial charge in [0.05, 0.1) is 30.1 Å². The summed E-state index contributed by atoms with van der Waals surface area (Å²) < 4.78 is 45.7. The average Bonchev–Trinajstić information content (AvgIpc) is 2.98. The first-order valence-corrected chi connectivity index (χ1v) is 7.92. The Morgan fingerprint density at radius 2 is 2.00 bits per heavy atom. The number of ether oxygens (including phenoxy) is 1. The molecule has 0 spiro atoms. The Bertz CT molecular complexity index is 948. The lowest BCUT2D eigenvalue weighted by molar-refractivity contribution is 0.0515. The highest BCUT2D eigenvalue weighted by atomic mass is 19.5. The Balaban J connectivity index is 0.000000500. The van der Waals surface area contributed by atoms with Gasteiger partial charge < -0.3 is 26.9 Å². The third kappa shape index (κ3) is 4.64. The SMILES string of the molecule is CCOC(=O)c1ncn2c1CN(C)C(=O)c1cc([N+]#N)ccc1-2.F[B-](F)(F)F. The number of diazo groups is 1. The second-order valence-electron chi connectivity index (χ2n) is 5.59. The second-order valence-corrected chi connectivity index (χ2v) is 5.59. The Labute approximate surface area is 156 Å². The van der Waals surface area contributed by atoms with E-state index in [2.05, 4.69) is 9.96 Å². The van der Waals surface area contributed by atoms with Gasteiger partial charge in [0, 0.05) is 19.2 Å². The van der Waals surface area contributed by atoms with Gasteiger partial charge in [0.1, 0.15) is 6.33 Å². The van der Waals surface area contributed by atoms with Crippen LogP contribution in [0.3, 0.4) is 0 Å². The zero-order chi connectivity index (χ0) is 21.1. The summed E-state index contributed by atoms with van der Waals surface area (Å²) in [4.78, 5) is 33.3. The molecule has 148 valence electrons. The molecule has 1 aromatic heterocycles. The first kappa shape index (κ1) is 20.9. The van der Waals surface area contributed by atoms with Crippen LogP contribution >= 0.6 is 0 Å². The summed E-state index contributed by atoms with van der Waals surface area (Å²) in [6.45, 7) is 2.18. The number of benzene rings is 1. The molecule has 0 atom stereocenters. The molecule has 0 aliphatic carbocycles. The summed E-state index contributed by atoms with van der Waals surface area (Å²) in [5.74, 6) is -0.753. The predicted molar refractivity (Wildman–Crippen MR) is 90.2 cm³/mol. The van der Waals surface area contributed by atoms with E-state index < -0.39 is 13.2 Å². The Hall–Kier alpha value is -3.43. The number of esters is 1. The van der Waals surface area contributed by atoms with Gasteiger partial charge in [0.2, 0.25) is 5.39 Å². The van der Waals surface area contributed by atoms with E-state index in [1.807, 2.05) is 0 Å². The molecule has 0 fully saturated rings. The van der Waals surface area contributed by atoms with Gasteiger partial charge >= 0.3 is 18.9 Å². The van der Waals surface area contributed by atoms with Crippen molar-refractivity contribution in [2.45, 2.75) is 13.5 Å². The van der Waals surface area contributed by atoms with E-state index >= 15 is 0 Å². The normalized spacial score (nSPS) is 12.8. The lowest BCUT2D eigenvalue weighted by Crippen LogP contribution is -2.25. The molecular formula is C15H14BF4N5O3. The molecule has 0 N–H and O–H groups in total. The van der Waals surface area contributed by atoms with Gasteiger partial charge in [-0.25, -0.2) is 9.78 Å². The maximum absolute atomic E-state index is 12.5. The summed E-state index contributed by atoms with van der Waals surface area (Å²) in [5.41, 5.74) is 1.99. The number of fused-ring (bicyclic) bond motifs is 3. The van der Waals surface area contributed by atoms with Crippen LogP contribution in [0.15, 0.2) is 24.5 Å². The average molecular weight is 399 g/mol. The molecule has 1 aliphatic heterocycles. The van der Waals surface area contributed by atoms with E-state index in [9.17, 15) is 26.9 Å². The smallest absolute Gasteiger partial charge is 0.461 e. The zero-order valence-electron chi connectivity index (χ0n) is 14.8. The predicted octanol–water partition coefficient (Wildman–Crippen LogP) is 3.42. The number of nitrogens with zero attached hydrogens (tertiary/aromatic N) is 5. The number of carbonyl (C=O) groups is 2. The van der Waals surface area contributed by atoms with Crippen molar-refractivity contribution in [1.29, 1.82) is 5.39 Å². The van der Waals surface area contributed by atoms with E-state index in [0.29, 0.717) is 16.9 Å². The number of halogens is 4. The maximum atomic E-state index is 12.5. The van der Waals surface area contributed by atoms with Crippen molar-refractivity contribution in [3.63, 3.8) is 0 Å². The third-order valence-corrected chi connectivity index (χ3v) is 3.65. The highest BCUT2D eigenvalue weighted by molar-refractivity contribution is 6.50. The molecule has 2 heterocycles. The van der Waals surface area contributed by atoms with Crippen molar-refractivity contribution in [2.75, 3.05) is 13.7 Å². The van der Waals surface area contributed by atoms with Gasteiger partial charge in [-0.1, -0.05) is 0 Å². The molecule has 1 aromatic carbocycles. The van der Waals surface area contributed by atoms with Crippen LogP contribution in [0.2, 0.25) is 0 Å². The van der Waals surface area contributed by atoms with Crippen molar-refractivity contribution >= 4 is 24.8 Å². The standard InChI is InChI=1S/C15H14N5O3.BF4/c1-3-23-15(22)13-12-7-19(2)14(21)10-6-9(18-16)4-5-11(10)20(12)8-17-13;2-1(3,4)5/h4-6,8H,3,7H2,1-2H3;/q+1;-1. The minimum atomic E-state index is -6.00. The largest absolute Gasteiger partial charge is 0.673 e. The molecule has 0 bridgehead atoms. The van der Waals surface area contributed by atoms with E-state index in [-0.39, 0.29) is 30.4 Å². The van der Waals surface area contributed by atoms with E-state index in [4.69, 9.17) is 10.1 Å². The van der Waals surface area contributed by atoms with Crippen LogP contribution in [0.4, 0.5) is 23.0 Å². The van der Waals surface area contributed by atoms with Crippen LogP contribution in [0, 0.1) is 5.39 Å². The number of imidazole rings is 1. The van der Waals surface area contributed by atoms with Gasteiger partial charge in [0.25, 0.3) is 5.91 Å². The fourth-order valence-electron chi connectivity index (χ4n) is 2.57. The summed E-state index contributed by atoms with van der Waals surface area (Å²) in [5, 5.41) is 8.91. The van der Waals surface area contributed by atoms with Gasteiger partial charge in [-0.3, -0.25) is 9.36 Å². The lowest BCUT2D eigenvalue weighted by Gasteiger charge is -2.14. The molecule has 8 nitrogen and oxygen atoms in total. The number of hydrogen-bond donors (Lipinski definition) is 0. The van der Waals surface area contributed by atoms with Crippen molar-refractivity contribution in [3.8, 4) is 5.69 Å². The molecule has 0 radical (unpaired) electrons. The number of rotatable bonds is 2. The second kappa shape index (κ2) is 8.07. The number of hydrogen-bond acceptors (Lipinski definition) is 5. The molecular weight excluding hydrogens is 385 g/mol. The molecule has 0 saturated carbocycles. The van der Waals surface area contributed by atoms with Crippen molar-refractivity contribution in [3.05, 3.63) is 46.5 Å². The van der Waals surface area contributed by atoms with Crippen LogP contribution in [0.5, 0.6) is 0 Å². The maximum Gasteiger partial charge on any atom is 0.673 e. The summed E-state index contributed by atoms with van der Waals surface area (Å²) in [7, 11) is -4.37. The monoisotopic (exact) mass is 399 g/mol. The zero-order valence-corrected chi connectivity index (χ0v) is 14.8. The minimum absolute atomic E-state index is 0.190. The number of carbonyl (C=O) groups excluding carboxylic acids is 2. The molecule has 0 saturated heterocycles. The third-order valence-electron chi connectivity index (χ3n) is 3.65. The van der Waals surface area contributed by atoms with Gasteiger partial charge in [-0.05, 0) is 13.0 Å². The van der Waals surface area contributed by atoms with Crippen molar-refractivity contribution < 1.29 is 31.6 Å². The fraction of sp³-hybridized carbons (Fsp3) is 0.267. The van der Waals surface area contributed by atoms with Gasteiger partial charge in [-0.2, -0.15) is 0 Å². The summed E-state index contributed by atoms with van der Waals surface area (Å²) >= 11 is 0. The molecule has 13 heteroatoms. The molecule has 3 rings (SSSR count). The van der Waals surface area contributed by atoms with Crippen LogP contribution in [-0.2, 0) is 11.3 Å². The Morgan fingerprint density at radius 1 is 1.36 bits per heavy atom. The fourth-order valence-corrected chi connectivity index (χ4v) is 2.57. The van der Waals surface area contributed by atoms with Gasteiger partial charge in [0.15, 0.2) is 10.7 Å². The van der Waals surface area contributed by atoms with Crippen LogP contribution in [0.25, 0.3) is 10.7 Å². The van der Waals surface area contributed by atoms with Crippen molar-refractivity contribution in [1.82, 2.24) is 14.5 Å². The highest BCUT2D eigenvalue weighted by Crippen LogP contribution is 2.28. The van der Waals surface area contributed by atoms with Crippen LogP contribution in [-0.4, -0.2) is 47.2 Å². The molecule has 1 amide bonds. The summed E-state index contributed by atoms with van der Waals surface area (Å²) in [6.07, 6.45) is 1.49. The Kier molecular flexibility index (Phi) is 6.02. The van der Waals surface area contributed by atoms with Crippen LogP contribution in [0.1, 0.15) is 33.5 Å². The molecule has 2 aromatic rings.